The Bertz CT molecular complexity index is 620. The molecule has 1 aromatic heterocycles. The van der Waals surface area contributed by atoms with Crippen LogP contribution in [-0.2, 0) is 0 Å². The van der Waals surface area contributed by atoms with Crippen molar-refractivity contribution in [3.8, 4) is 0 Å². The van der Waals surface area contributed by atoms with Crippen LogP contribution in [0, 0.1) is 3.57 Å². The molecule has 0 spiro atoms. The molecule has 2 aromatic rings. The number of hydrazine groups is 1. The van der Waals surface area contributed by atoms with E-state index >= 15 is 0 Å². The van der Waals surface area contributed by atoms with E-state index in [2.05, 4.69) is 38.3 Å². The third kappa shape index (κ3) is 3.34. The first-order valence-corrected chi connectivity index (χ1v) is 6.74. The minimum Gasteiger partial charge on any atom is -0.352 e. The molecular formula is C12H10ClIN4O. The number of rotatable bonds is 3. The van der Waals surface area contributed by atoms with Gasteiger partial charge in [-0.05, 0) is 46.9 Å². The fourth-order valence-corrected chi connectivity index (χ4v) is 2.41. The molecule has 1 amide bonds. The Morgan fingerprint density at radius 3 is 2.79 bits per heavy atom. The molecule has 0 radical (unpaired) electrons. The summed E-state index contributed by atoms with van der Waals surface area (Å²) in [4.78, 5) is 15.6. The molecule has 0 saturated carbocycles. The number of pyridine rings is 1. The van der Waals surface area contributed by atoms with Gasteiger partial charge >= 0.3 is 0 Å². The number of carbonyl (C=O) groups is 1. The first-order chi connectivity index (χ1) is 9.11. The number of hydrogen-bond acceptors (Lipinski definition) is 4. The fourth-order valence-electron chi connectivity index (χ4n) is 1.51. The predicted molar refractivity (Wildman–Crippen MR) is 83.3 cm³/mol. The highest BCUT2D eigenvalue weighted by Crippen LogP contribution is 2.28. The molecule has 0 bridgehead atoms. The lowest BCUT2D eigenvalue weighted by molar-refractivity contribution is 0.0954. The Kier molecular flexibility index (Phi) is 4.56. The molecule has 0 aliphatic carbocycles. The van der Waals surface area contributed by atoms with Gasteiger partial charge in [0.25, 0.3) is 5.91 Å². The van der Waals surface area contributed by atoms with Crippen molar-refractivity contribution in [3.63, 3.8) is 0 Å². The Morgan fingerprint density at radius 2 is 2.11 bits per heavy atom. The standard InChI is InChI=1S/C12H10ClIN4O/c13-9-5-7(14)1-2-10(9)17-11-6-16-4-3-8(11)12(19)18-15/h1-6,17H,15H2,(H,18,19). The number of nitrogens with one attached hydrogen (secondary N) is 2. The summed E-state index contributed by atoms with van der Waals surface area (Å²) >= 11 is 8.30. The summed E-state index contributed by atoms with van der Waals surface area (Å²) in [7, 11) is 0. The maximum atomic E-state index is 11.6. The molecule has 1 aromatic carbocycles. The van der Waals surface area contributed by atoms with E-state index in [1.54, 1.807) is 12.3 Å². The van der Waals surface area contributed by atoms with Crippen LogP contribution in [0.3, 0.4) is 0 Å². The summed E-state index contributed by atoms with van der Waals surface area (Å²) in [6.07, 6.45) is 3.06. The second kappa shape index (κ2) is 6.18. The molecule has 19 heavy (non-hydrogen) atoms. The van der Waals surface area contributed by atoms with Crippen molar-refractivity contribution in [3.05, 3.63) is 50.8 Å². The number of amides is 1. The van der Waals surface area contributed by atoms with E-state index in [4.69, 9.17) is 17.4 Å². The normalized spacial score (nSPS) is 10.1. The number of nitrogens with zero attached hydrogens (tertiary/aromatic N) is 1. The van der Waals surface area contributed by atoms with Crippen LogP contribution in [0.1, 0.15) is 10.4 Å². The van der Waals surface area contributed by atoms with Crippen LogP contribution in [0.5, 0.6) is 0 Å². The summed E-state index contributed by atoms with van der Waals surface area (Å²) in [6.45, 7) is 0. The molecule has 0 unspecified atom stereocenters. The van der Waals surface area contributed by atoms with E-state index < -0.39 is 5.91 Å². The zero-order chi connectivity index (χ0) is 13.8. The van der Waals surface area contributed by atoms with Gasteiger partial charge in [0.05, 0.1) is 28.2 Å². The van der Waals surface area contributed by atoms with Crippen molar-refractivity contribution in [2.75, 3.05) is 5.32 Å². The summed E-state index contributed by atoms with van der Waals surface area (Å²) < 4.78 is 1.03. The van der Waals surface area contributed by atoms with Crippen LogP contribution in [0.25, 0.3) is 0 Å². The number of nitrogens with two attached hydrogens (primary N) is 1. The van der Waals surface area contributed by atoms with Crippen molar-refractivity contribution in [2.45, 2.75) is 0 Å². The summed E-state index contributed by atoms with van der Waals surface area (Å²) in [5.41, 5.74) is 3.72. The average Bonchev–Trinajstić information content (AvgIpc) is 2.41. The molecule has 98 valence electrons. The van der Waals surface area contributed by atoms with Gasteiger partial charge in [-0.3, -0.25) is 15.2 Å². The van der Waals surface area contributed by atoms with Gasteiger partial charge in [-0.15, -0.1) is 0 Å². The van der Waals surface area contributed by atoms with Gasteiger partial charge in [-0.25, -0.2) is 5.84 Å². The Balaban J connectivity index is 2.35. The van der Waals surface area contributed by atoms with Crippen LogP contribution < -0.4 is 16.6 Å². The second-order valence-corrected chi connectivity index (χ2v) is 5.30. The largest absolute Gasteiger partial charge is 0.352 e. The maximum Gasteiger partial charge on any atom is 0.267 e. The van der Waals surface area contributed by atoms with Gasteiger partial charge in [-0.2, -0.15) is 0 Å². The highest BCUT2D eigenvalue weighted by molar-refractivity contribution is 14.1. The number of anilines is 2. The first-order valence-electron chi connectivity index (χ1n) is 5.29. The van der Waals surface area contributed by atoms with Gasteiger partial charge in [0, 0.05) is 9.77 Å². The van der Waals surface area contributed by atoms with E-state index in [1.165, 1.54) is 6.20 Å². The van der Waals surface area contributed by atoms with Crippen molar-refractivity contribution in [1.29, 1.82) is 0 Å². The molecule has 2 rings (SSSR count). The molecule has 1 heterocycles. The third-order valence-electron chi connectivity index (χ3n) is 2.40. The summed E-state index contributed by atoms with van der Waals surface area (Å²) in [5, 5.41) is 3.63. The first kappa shape index (κ1) is 14.0. The van der Waals surface area contributed by atoms with Crippen molar-refractivity contribution in [1.82, 2.24) is 10.4 Å². The average molecular weight is 389 g/mol. The molecule has 7 heteroatoms. The number of carbonyl (C=O) groups excluding carboxylic acids is 1. The van der Waals surface area contributed by atoms with Gasteiger partial charge in [0.1, 0.15) is 0 Å². The molecular weight excluding hydrogens is 379 g/mol. The van der Waals surface area contributed by atoms with E-state index in [1.807, 2.05) is 18.2 Å². The molecule has 0 aliphatic heterocycles. The number of nitrogen functional groups attached to an aromatic ring is 1. The number of aromatic nitrogens is 1. The minimum atomic E-state index is -0.397. The van der Waals surface area contributed by atoms with Gasteiger partial charge < -0.3 is 5.32 Å². The van der Waals surface area contributed by atoms with E-state index in [0.717, 1.165) is 3.57 Å². The highest BCUT2D eigenvalue weighted by atomic mass is 127. The molecule has 0 saturated heterocycles. The zero-order valence-corrected chi connectivity index (χ0v) is 12.6. The Morgan fingerprint density at radius 1 is 1.32 bits per heavy atom. The lowest BCUT2D eigenvalue weighted by Gasteiger charge is -2.11. The summed E-state index contributed by atoms with van der Waals surface area (Å²) in [6, 6.07) is 7.14. The number of hydrogen-bond donors (Lipinski definition) is 3. The van der Waals surface area contributed by atoms with Crippen LogP contribution in [0.15, 0.2) is 36.7 Å². The van der Waals surface area contributed by atoms with Crippen LogP contribution >= 0.6 is 34.2 Å². The van der Waals surface area contributed by atoms with Gasteiger partial charge in [0.15, 0.2) is 0 Å². The van der Waals surface area contributed by atoms with Crippen molar-refractivity contribution in [2.24, 2.45) is 5.84 Å². The number of benzene rings is 1. The van der Waals surface area contributed by atoms with Crippen LogP contribution in [-0.4, -0.2) is 10.9 Å². The molecule has 0 fully saturated rings. The molecule has 0 atom stereocenters. The molecule has 4 N–H and O–H groups in total. The minimum absolute atomic E-state index is 0.395. The topological polar surface area (TPSA) is 80.0 Å². The Hall–Kier alpha value is -1.38. The van der Waals surface area contributed by atoms with E-state index in [-0.39, 0.29) is 0 Å². The summed E-state index contributed by atoms with van der Waals surface area (Å²) in [5.74, 6) is 4.74. The van der Waals surface area contributed by atoms with Gasteiger partial charge in [-0.1, -0.05) is 11.6 Å². The van der Waals surface area contributed by atoms with Crippen molar-refractivity contribution < 1.29 is 4.79 Å². The smallest absolute Gasteiger partial charge is 0.267 e. The number of halogens is 2. The lowest BCUT2D eigenvalue weighted by atomic mass is 10.2. The van der Waals surface area contributed by atoms with Crippen LogP contribution in [0.4, 0.5) is 11.4 Å². The van der Waals surface area contributed by atoms with Gasteiger partial charge in [0.2, 0.25) is 0 Å². The van der Waals surface area contributed by atoms with E-state index in [0.29, 0.717) is 22.0 Å². The zero-order valence-electron chi connectivity index (χ0n) is 9.65. The monoisotopic (exact) mass is 388 g/mol. The quantitative estimate of drug-likeness (QED) is 0.327. The third-order valence-corrected chi connectivity index (χ3v) is 3.38. The SMILES string of the molecule is NNC(=O)c1ccncc1Nc1ccc(I)cc1Cl. The predicted octanol–water partition coefficient (Wildman–Crippen LogP) is 2.69. The Labute approximate surface area is 128 Å². The highest BCUT2D eigenvalue weighted by Gasteiger charge is 2.11. The van der Waals surface area contributed by atoms with Crippen LogP contribution in [0.2, 0.25) is 5.02 Å². The van der Waals surface area contributed by atoms with E-state index in [9.17, 15) is 4.79 Å². The fraction of sp³-hybridized carbons (Fsp3) is 0. The lowest BCUT2D eigenvalue weighted by Crippen LogP contribution is -2.30. The molecule has 0 aliphatic rings. The second-order valence-electron chi connectivity index (χ2n) is 3.64. The maximum absolute atomic E-state index is 11.6. The van der Waals surface area contributed by atoms with Crippen molar-refractivity contribution >= 4 is 51.5 Å². The molecule has 5 nitrogen and oxygen atoms in total.